The second kappa shape index (κ2) is 7.77. The van der Waals surface area contributed by atoms with E-state index in [-0.39, 0.29) is 6.10 Å². The van der Waals surface area contributed by atoms with Gasteiger partial charge >= 0.3 is 0 Å². The van der Waals surface area contributed by atoms with Crippen LogP contribution in [0, 0.1) is 6.92 Å². The van der Waals surface area contributed by atoms with Crippen molar-refractivity contribution < 1.29 is 9.47 Å². The molecule has 1 aliphatic rings. The van der Waals surface area contributed by atoms with Crippen molar-refractivity contribution in [2.75, 3.05) is 19.8 Å². The Morgan fingerprint density at radius 2 is 1.95 bits per heavy atom. The standard InChI is InChI=1S/C17H27NO2/c1-13(2)18-12-17(16-7-5-4-6-14(16)3)20-15-8-10-19-11-9-15/h4-7,13,15,17-18H,8-12H2,1-3H3. The van der Waals surface area contributed by atoms with Crippen LogP contribution in [0.5, 0.6) is 0 Å². The average Bonchev–Trinajstić information content (AvgIpc) is 2.45. The first-order valence-electron chi connectivity index (χ1n) is 7.69. The van der Waals surface area contributed by atoms with Crippen molar-refractivity contribution in [3.05, 3.63) is 35.4 Å². The molecular weight excluding hydrogens is 250 g/mol. The summed E-state index contributed by atoms with van der Waals surface area (Å²) in [5.41, 5.74) is 2.60. The Labute approximate surface area is 122 Å². The van der Waals surface area contributed by atoms with Crippen LogP contribution in [0.1, 0.15) is 43.9 Å². The first-order valence-corrected chi connectivity index (χ1v) is 7.69. The minimum absolute atomic E-state index is 0.127. The normalized spacial score (nSPS) is 18.4. The number of hydrogen-bond acceptors (Lipinski definition) is 3. The highest BCUT2D eigenvalue weighted by Gasteiger charge is 2.21. The van der Waals surface area contributed by atoms with Crippen molar-refractivity contribution >= 4 is 0 Å². The molecule has 1 aromatic rings. The summed E-state index contributed by atoms with van der Waals surface area (Å²) in [6.07, 6.45) is 2.46. The molecule has 1 aliphatic heterocycles. The molecule has 1 fully saturated rings. The summed E-state index contributed by atoms with van der Waals surface area (Å²) in [5.74, 6) is 0. The van der Waals surface area contributed by atoms with E-state index in [1.165, 1.54) is 11.1 Å². The second-order valence-electron chi connectivity index (χ2n) is 5.86. The predicted octanol–water partition coefficient (Wildman–Crippen LogP) is 3.23. The Morgan fingerprint density at radius 3 is 2.60 bits per heavy atom. The van der Waals surface area contributed by atoms with Crippen molar-refractivity contribution in [3.63, 3.8) is 0 Å². The number of rotatable bonds is 6. The highest BCUT2D eigenvalue weighted by atomic mass is 16.5. The minimum Gasteiger partial charge on any atom is -0.381 e. The summed E-state index contributed by atoms with van der Waals surface area (Å²) in [4.78, 5) is 0. The van der Waals surface area contributed by atoms with Gasteiger partial charge in [-0.2, -0.15) is 0 Å². The Morgan fingerprint density at radius 1 is 1.25 bits per heavy atom. The summed E-state index contributed by atoms with van der Waals surface area (Å²) < 4.78 is 11.8. The van der Waals surface area contributed by atoms with E-state index < -0.39 is 0 Å². The minimum atomic E-state index is 0.127. The summed E-state index contributed by atoms with van der Waals surface area (Å²) in [5, 5.41) is 3.50. The van der Waals surface area contributed by atoms with Gasteiger partial charge in [-0.15, -0.1) is 0 Å². The van der Waals surface area contributed by atoms with Crippen LogP contribution in [0.25, 0.3) is 0 Å². The number of hydrogen-bond donors (Lipinski definition) is 1. The summed E-state index contributed by atoms with van der Waals surface area (Å²) in [6, 6.07) is 8.99. The molecule has 20 heavy (non-hydrogen) atoms. The molecule has 0 radical (unpaired) electrons. The van der Waals surface area contributed by atoms with Gasteiger partial charge in [-0.3, -0.25) is 0 Å². The van der Waals surface area contributed by atoms with Crippen LogP contribution in [-0.4, -0.2) is 31.9 Å². The number of ether oxygens (including phenoxy) is 2. The maximum absolute atomic E-state index is 6.37. The van der Waals surface area contributed by atoms with Crippen molar-refractivity contribution in [2.24, 2.45) is 0 Å². The second-order valence-corrected chi connectivity index (χ2v) is 5.86. The predicted molar refractivity (Wildman–Crippen MR) is 82.0 cm³/mol. The fraction of sp³-hybridized carbons (Fsp3) is 0.647. The van der Waals surface area contributed by atoms with Crippen LogP contribution in [0.15, 0.2) is 24.3 Å². The largest absolute Gasteiger partial charge is 0.381 e. The van der Waals surface area contributed by atoms with Gasteiger partial charge in [0.2, 0.25) is 0 Å². The van der Waals surface area contributed by atoms with Gasteiger partial charge in [0.05, 0.1) is 12.2 Å². The van der Waals surface area contributed by atoms with Crippen molar-refractivity contribution in [3.8, 4) is 0 Å². The molecule has 3 heteroatoms. The molecule has 1 saturated heterocycles. The summed E-state index contributed by atoms with van der Waals surface area (Å²) in [6.45, 7) is 9.00. The zero-order valence-corrected chi connectivity index (χ0v) is 12.9. The molecule has 1 N–H and O–H groups in total. The van der Waals surface area contributed by atoms with Gasteiger partial charge in [0.1, 0.15) is 0 Å². The zero-order chi connectivity index (χ0) is 14.4. The Bertz CT molecular complexity index is 400. The molecule has 0 amide bonds. The van der Waals surface area contributed by atoms with E-state index >= 15 is 0 Å². The molecule has 2 rings (SSSR count). The van der Waals surface area contributed by atoms with E-state index in [4.69, 9.17) is 9.47 Å². The maximum atomic E-state index is 6.37. The molecule has 0 aliphatic carbocycles. The topological polar surface area (TPSA) is 30.5 Å². The fourth-order valence-corrected chi connectivity index (χ4v) is 2.57. The van der Waals surface area contributed by atoms with E-state index in [0.29, 0.717) is 12.1 Å². The molecule has 0 spiro atoms. The molecule has 3 nitrogen and oxygen atoms in total. The third-order valence-corrected chi connectivity index (χ3v) is 3.77. The van der Waals surface area contributed by atoms with E-state index in [0.717, 1.165) is 32.6 Å². The SMILES string of the molecule is Cc1ccccc1C(CNC(C)C)OC1CCOCC1. The molecule has 0 aromatic heterocycles. The van der Waals surface area contributed by atoms with Gasteiger partial charge in [0.15, 0.2) is 0 Å². The number of benzene rings is 1. The van der Waals surface area contributed by atoms with Crippen molar-refractivity contribution in [1.29, 1.82) is 0 Å². The van der Waals surface area contributed by atoms with Gasteiger partial charge in [-0.1, -0.05) is 38.1 Å². The summed E-state index contributed by atoms with van der Waals surface area (Å²) in [7, 11) is 0. The molecule has 1 aromatic carbocycles. The summed E-state index contributed by atoms with van der Waals surface area (Å²) >= 11 is 0. The molecule has 0 bridgehead atoms. The molecule has 1 unspecified atom stereocenters. The third-order valence-electron chi connectivity index (χ3n) is 3.77. The van der Waals surface area contributed by atoms with E-state index in [1.54, 1.807) is 0 Å². The molecule has 1 heterocycles. The van der Waals surface area contributed by atoms with Crippen LogP contribution in [-0.2, 0) is 9.47 Å². The van der Waals surface area contributed by atoms with Crippen molar-refractivity contribution in [1.82, 2.24) is 5.32 Å². The Hall–Kier alpha value is -0.900. The maximum Gasteiger partial charge on any atom is 0.0955 e. The van der Waals surface area contributed by atoms with Gasteiger partial charge in [0, 0.05) is 25.8 Å². The third kappa shape index (κ3) is 4.58. The van der Waals surface area contributed by atoms with E-state index in [2.05, 4.69) is 50.4 Å². The van der Waals surface area contributed by atoms with E-state index in [1.807, 2.05) is 0 Å². The quantitative estimate of drug-likeness (QED) is 0.866. The van der Waals surface area contributed by atoms with Gasteiger partial charge in [-0.05, 0) is 30.9 Å². The Kier molecular flexibility index (Phi) is 6.02. The first-order chi connectivity index (χ1) is 9.66. The molecule has 0 saturated carbocycles. The van der Waals surface area contributed by atoms with Crippen LogP contribution in [0.4, 0.5) is 0 Å². The van der Waals surface area contributed by atoms with Crippen molar-refractivity contribution in [2.45, 2.75) is 51.9 Å². The average molecular weight is 277 g/mol. The lowest BCUT2D eigenvalue weighted by molar-refractivity contribution is -0.0694. The number of aryl methyl sites for hydroxylation is 1. The lowest BCUT2D eigenvalue weighted by Crippen LogP contribution is -2.33. The van der Waals surface area contributed by atoms with Crippen LogP contribution in [0.3, 0.4) is 0 Å². The lowest BCUT2D eigenvalue weighted by atomic mass is 10.0. The van der Waals surface area contributed by atoms with Gasteiger partial charge < -0.3 is 14.8 Å². The van der Waals surface area contributed by atoms with E-state index in [9.17, 15) is 0 Å². The zero-order valence-electron chi connectivity index (χ0n) is 12.9. The molecular formula is C17H27NO2. The Balaban J connectivity index is 2.05. The highest BCUT2D eigenvalue weighted by molar-refractivity contribution is 5.28. The van der Waals surface area contributed by atoms with Gasteiger partial charge in [-0.25, -0.2) is 0 Å². The van der Waals surface area contributed by atoms with Gasteiger partial charge in [0.25, 0.3) is 0 Å². The number of nitrogens with one attached hydrogen (secondary N) is 1. The molecule has 112 valence electrons. The smallest absolute Gasteiger partial charge is 0.0955 e. The van der Waals surface area contributed by atoms with Crippen LogP contribution in [0.2, 0.25) is 0 Å². The lowest BCUT2D eigenvalue weighted by Gasteiger charge is -2.29. The highest BCUT2D eigenvalue weighted by Crippen LogP contribution is 2.25. The van der Waals surface area contributed by atoms with Crippen LogP contribution >= 0.6 is 0 Å². The monoisotopic (exact) mass is 277 g/mol. The van der Waals surface area contributed by atoms with Crippen LogP contribution < -0.4 is 5.32 Å². The molecule has 1 atom stereocenters. The fourth-order valence-electron chi connectivity index (χ4n) is 2.57. The first kappa shape index (κ1) is 15.5.